The lowest BCUT2D eigenvalue weighted by molar-refractivity contribution is -0.384. The molecule has 0 aliphatic rings. The fourth-order valence-corrected chi connectivity index (χ4v) is 2.48. The van der Waals surface area contributed by atoms with Crippen LogP contribution in [0.5, 0.6) is 0 Å². The number of para-hydroxylation sites is 1. The molecule has 0 saturated carbocycles. The predicted octanol–water partition coefficient (Wildman–Crippen LogP) is 0.521. The number of primary sulfonamides is 1. The highest BCUT2D eigenvalue weighted by Gasteiger charge is 2.25. The standard InChI is InChI=1S/C10H11N5O4S/c1-2-14-9(12-13-10(14)20(11,18)19)7-5-3-4-6-8(7)15(16)17/h3-6H,2H2,1H3,(H2,11,18,19). The normalized spacial score (nSPS) is 11.5. The smallest absolute Gasteiger partial charge is 0.280 e. The number of hydrogen-bond acceptors (Lipinski definition) is 6. The Labute approximate surface area is 114 Å². The molecule has 0 atom stereocenters. The van der Waals surface area contributed by atoms with Crippen LogP contribution < -0.4 is 5.14 Å². The van der Waals surface area contributed by atoms with Crippen molar-refractivity contribution in [1.82, 2.24) is 14.8 Å². The van der Waals surface area contributed by atoms with Crippen molar-refractivity contribution in [2.45, 2.75) is 18.6 Å². The molecule has 0 saturated heterocycles. The minimum Gasteiger partial charge on any atom is -0.297 e. The topological polar surface area (TPSA) is 134 Å². The number of nitrogens with zero attached hydrogens (tertiary/aromatic N) is 4. The minimum absolute atomic E-state index is 0.0869. The first kappa shape index (κ1) is 14.1. The van der Waals surface area contributed by atoms with E-state index < -0.39 is 20.1 Å². The van der Waals surface area contributed by atoms with Gasteiger partial charge >= 0.3 is 0 Å². The van der Waals surface area contributed by atoms with Crippen molar-refractivity contribution < 1.29 is 13.3 Å². The molecular formula is C10H11N5O4S. The second kappa shape index (κ2) is 4.98. The Morgan fingerprint density at radius 3 is 2.55 bits per heavy atom. The van der Waals surface area contributed by atoms with Crippen LogP contribution >= 0.6 is 0 Å². The maximum Gasteiger partial charge on any atom is 0.280 e. The van der Waals surface area contributed by atoms with Crippen LogP contribution in [0.3, 0.4) is 0 Å². The quantitative estimate of drug-likeness (QED) is 0.645. The molecule has 1 aromatic heterocycles. The van der Waals surface area contributed by atoms with E-state index in [1.54, 1.807) is 13.0 Å². The first-order valence-electron chi connectivity index (χ1n) is 5.56. The molecule has 0 bridgehead atoms. The van der Waals surface area contributed by atoms with Gasteiger partial charge in [0.05, 0.1) is 10.5 Å². The van der Waals surface area contributed by atoms with E-state index >= 15 is 0 Å². The van der Waals surface area contributed by atoms with Crippen molar-refractivity contribution in [2.75, 3.05) is 0 Å². The number of sulfonamides is 1. The number of nitrogens with two attached hydrogens (primary N) is 1. The molecule has 20 heavy (non-hydrogen) atoms. The summed E-state index contributed by atoms with van der Waals surface area (Å²) < 4.78 is 24.0. The van der Waals surface area contributed by atoms with Crippen molar-refractivity contribution in [3.63, 3.8) is 0 Å². The zero-order valence-electron chi connectivity index (χ0n) is 10.4. The lowest BCUT2D eigenvalue weighted by Gasteiger charge is -2.06. The Morgan fingerprint density at radius 1 is 1.35 bits per heavy atom. The molecular weight excluding hydrogens is 286 g/mol. The zero-order chi connectivity index (χ0) is 14.9. The van der Waals surface area contributed by atoms with E-state index in [1.807, 2.05) is 0 Å². The molecule has 2 rings (SSSR count). The van der Waals surface area contributed by atoms with Gasteiger partial charge < -0.3 is 0 Å². The largest absolute Gasteiger partial charge is 0.297 e. The molecule has 0 unspecified atom stereocenters. The molecule has 10 heteroatoms. The summed E-state index contributed by atoms with van der Waals surface area (Å²) in [4.78, 5) is 10.4. The summed E-state index contributed by atoms with van der Waals surface area (Å²) >= 11 is 0. The van der Waals surface area contributed by atoms with Crippen molar-refractivity contribution in [3.8, 4) is 11.4 Å². The van der Waals surface area contributed by atoms with E-state index in [9.17, 15) is 18.5 Å². The zero-order valence-corrected chi connectivity index (χ0v) is 11.2. The van der Waals surface area contributed by atoms with Crippen LogP contribution in [0.4, 0.5) is 5.69 Å². The van der Waals surface area contributed by atoms with E-state index in [1.165, 1.54) is 22.8 Å². The average Bonchev–Trinajstić information content (AvgIpc) is 2.82. The molecule has 2 N–H and O–H groups in total. The molecule has 9 nitrogen and oxygen atoms in total. The summed E-state index contributed by atoms with van der Waals surface area (Å²) in [7, 11) is -4.05. The van der Waals surface area contributed by atoms with Crippen LogP contribution in [0.25, 0.3) is 11.4 Å². The molecule has 0 spiro atoms. The molecule has 1 heterocycles. The summed E-state index contributed by atoms with van der Waals surface area (Å²) in [5.74, 6) is 0.0869. The Kier molecular flexibility index (Phi) is 3.51. The first-order chi connectivity index (χ1) is 9.36. The Morgan fingerprint density at radius 2 is 2.00 bits per heavy atom. The number of aromatic nitrogens is 3. The van der Waals surface area contributed by atoms with Gasteiger partial charge in [0, 0.05) is 12.6 Å². The summed E-state index contributed by atoms with van der Waals surface area (Å²) in [5.41, 5.74) is -0.00248. The summed E-state index contributed by atoms with van der Waals surface area (Å²) in [6.45, 7) is 1.87. The van der Waals surface area contributed by atoms with Gasteiger partial charge in [-0.25, -0.2) is 13.6 Å². The van der Waals surface area contributed by atoms with Gasteiger partial charge in [0.1, 0.15) is 0 Å². The molecule has 0 aliphatic carbocycles. The number of benzene rings is 1. The van der Waals surface area contributed by atoms with Gasteiger partial charge in [-0.05, 0) is 13.0 Å². The van der Waals surface area contributed by atoms with E-state index in [0.29, 0.717) is 0 Å². The Balaban J connectivity index is 2.72. The maximum atomic E-state index is 11.4. The maximum absolute atomic E-state index is 11.4. The predicted molar refractivity (Wildman–Crippen MR) is 69.2 cm³/mol. The fourth-order valence-electron chi connectivity index (χ4n) is 1.81. The molecule has 0 amide bonds. The highest BCUT2D eigenvalue weighted by molar-refractivity contribution is 7.89. The molecule has 0 radical (unpaired) electrons. The van der Waals surface area contributed by atoms with E-state index in [-0.39, 0.29) is 23.6 Å². The molecule has 1 aromatic carbocycles. The number of hydrogen-bond donors (Lipinski definition) is 1. The van der Waals surface area contributed by atoms with Crippen LogP contribution in [0.2, 0.25) is 0 Å². The van der Waals surface area contributed by atoms with Gasteiger partial charge in [0.2, 0.25) is 0 Å². The SMILES string of the molecule is CCn1c(-c2ccccc2[N+](=O)[O-])nnc1S(N)(=O)=O. The van der Waals surface area contributed by atoms with Crippen LogP contribution in [0, 0.1) is 10.1 Å². The van der Waals surface area contributed by atoms with Gasteiger partial charge in [0.25, 0.3) is 20.9 Å². The highest BCUT2D eigenvalue weighted by atomic mass is 32.2. The van der Waals surface area contributed by atoms with Gasteiger partial charge in [-0.15, -0.1) is 10.2 Å². The Bertz CT molecular complexity index is 768. The van der Waals surface area contributed by atoms with E-state index in [4.69, 9.17) is 5.14 Å². The number of nitro benzene ring substituents is 1. The lowest BCUT2D eigenvalue weighted by atomic mass is 10.1. The number of rotatable bonds is 4. The van der Waals surface area contributed by atoms with Crippen molar-refractivity contribution in [1.29, 1.82) is 0 Å². The summed E-state index contributed by atoms with van der Waals surface area (Å²) in [6, 6.07) is 5.88. The lowest BCUT2D eigenvalue weighted by Crippen LogP contribution is -2.18. The summed E-state index contributed by atoms with van der Waals surface area (Å²) in [6.07, 6.45) is 0. The Hall–Kier alpha value is -2.33. The molecule has 0 fully saturated rings. The number of nitro groups is 1. The monoisotopic (exact) mass is 297 g/mol. The molecule has 0 aliphatic heterocycles. The second-order valence-corrected chi connectivity index (χ2v) is 5.32. The second-order valence-electron chi connectivity index (χ2n) is 3.87. The van der Waals surface area contributed by atoms with Crippen LogP contribution in [-0.2, 0) is 16.6 Å². The third-order valence-electron chi connectivity index (χ3n) is 2.63. The van der Waals surface area contributed by atoms with Crippen LogP contribution in [0.1, 0.15) is 6.92 Å². The van der Waals surface area contributed by atoms with Gasteiger partial charge in [0.15, 0.2) is 5.82 Å². The van der Waals surface area contributed by atoms with Crippen molar-refractivity contribution in [3.05, 3.63) is 34.4 Å². The minimum atomic E-state index is -4.05. The molecule has 2 aromatic rings. The van der Waals surface area contributed by atoms with Gasteiger partial charge in [-0.3, -0.25) is 14.7 Å². The third kappa shape index (κ3) is 2.38. The highest BCUT2D eigenvalue weighted by Crippen LogP contribution is 2.29. The van der Waals surface area contributed by atoms with Crippen molar-refractivity contribution >= 4 is 15.7 Å². The fraction of sp³-hybridized carbons (Fsp3) is 0.200. The third-order valence-corrected chi connectivity index (χ3v) is 3.44. The van der Waals surface area contributed by atoms with E-state index in [0.717, 1.165) is 0 Å². The van der Waals surface area contributed by atoms with Crippen LogP contribution in [0.15, 0.2) is 29.4 Å². The van der Waals surface area contributed by atoms with Crippen molar-refractivity contribution in [2.24, 2.45) is 5.14 Å². The van der Waals surface area contributed by atoms with E-state index in [2.05, 4.69) is 10.2 Å². The van der Waals surface area contributed by atoms with Gasteiger partial charge in [-0.2, -0.15) is 0 Å². The average molecular weight is 297 g/mol. The van der Waals surface area contributed by atoms with Gasteiger partial charge in [-0.1, -0.05) is 12.1 Å². The first-order valence-corrected chi connectivity index (χ1v) is 7.10. The molecule has 106 valence electrons. The summed E-state index contributed by atoms with van der Waals surface area (Å²) in [5, 5.41) is 22.8. The van der Waals surface area contributed by atoms with Crippen LogP contribution in [-0.4, -0.2) is 28.1 Å².